The van der Waals surface area contributed by atoms with Crippen molar-refractivity contribution in [2.45, 2.75) is 17.8 Å². The second-order valence-corrected chi connectivity index (χ2v) is 7.12. The van der Waals surface area contributed by atoms with E-state index in [1.54, 1.807) is 0 Å². The summed E-state index contributed by atoms with van der Waals surface area (Å²) >= 11 is 5.80. The van der Waals surface area contributed by atoms with Crippen LogP contribution in [0.15, 0.2) is 12.3 Å². The lowest BCUT2D eigenvalue weighted by atomic mass is 9.83. The molecule has 2 fully saturated rings. The minimum Gasteiger partial charge on any atom is -0.467 e. The van der Waals surface area contributed by atoms with E-state index in [4.69, 9.17) is 16.4 Å². The molecule has 0 unspecified atom stereocenters. The van der Waals surface area contributed by atoms with Crippen molar-refractivity contribution < 1.29 is 46.7 Å². The summed E-state index contributed by atoms with van der Waals surface area (Å²) in [5, 5.41) is 2.30. The number of alkyl halides is 3. The van der Waals surface area contributed by atoms with Gasteiger partial charge in [0, 0.05) is 19.3 Å². The first-order valence-electron chi connectivity index (χ1n) is 8.90. The third-order valence-electron chi connectivity index (χ3n) is 4.97. The highest BCUT2D eigenvalue weighted by Gasteiger charge is 2.71. The van der Waals surface area contributed by atoms with Crippen molar-refractivity contribution in [3.63, 3.8) is 0 Å². The zero-order valence-corrected chi connectivity index (χ0v) is 17.2. The number of hydrogen-bond donors (Lipinski definition) is 2. The number of nitrogens with one attached hydrogen (secondary N) is 2. The molecule has 11 nitrogen and oxygen atoms in total. The number of nitrogens with zero attached hydrogens (tertiary/aromatic N) is 2. The molecule has 2 aliphatic rings. The van der Waals surface area contributed by atoms with Gasteiger partial charge in [-0.05, 0) is 6.07 Å². The first-order valence-corrected chi connectivity index (χ1v) is 9.28. The molecule has 2 N–H and O–H groups in total. The number of hydroxylamine groups is 1. The Morgan fingerprint density at radius 2 is 1.91 bits per heavy atom. The molecule has 15 heteroatoms. The molecule has 2 aliphatic heterocycles. The first kappa shape index (κ1) is 23.7. The van der Waals surface area contributed by atoms with Crippen LogP contribution < -0.4 is 10.8 Å². The summed E-state index contributed by atoms with van der Waals surface area (Å²) < 4.78 is 47.3. The van der Waals surface area contributed by atoms with Gasteiger partial charge in [0.05, 0.1) is 24.8 Å². The van der Waals surface area contributed by atoms with Crippen LogP contribution in [-0.4, -0.2) is 72.6 Å². The maximum Gasteiger partial charge on any atom is 0.417 e. The number of rotatable bonds is 6. The maximum absolute atomic E-state index is 12.9. The summed E-state index contributed by atoms with van der Waals surface area (Å²) in [4.78, 5) is 59.5. The number of likely N-dealkylation sites (tertiary alicyclic amines) is 1. The molecule has 2 amide bonds. The zero-order chi connectivity index (χ0) is 23.8. The number of halogens is 4. The van der Waals surface area contributed by atoms with E-state index in [0.717, 1.165) is 19.1 Å². The summed E-state index contributed by atoms with van der Waals surface area (Å²) in [6.07, 6.45) is -5.54. The number of methoxy groups -OCH3 is 2. The number of carbonyl (C=O) groups excluding carboxylic acids is 4. The Labute approximate surface area is 183 Å². The molecule has 0 bridgehead atoms. The Morgan fingerprint density at radius 1 is 1.28 bits per heavy atom. The lowest BCUT2D eigenvalue weighted by Gasteiger charge is -2.26. The van der Waals surface area contributed by atoms with Gasteiger partial charge in [0.15, 0.2) is 6.10 Å². The van der Waals surface area contributed by atoms with Gasteiger partial charge in [-0.2, -0.15) is 18.7 Å². The minimum atomic E-state index is -4.62. The van der Waals surface area contributed by atoms with E-state index in [-0.39, 0.29) is 23.9 Å². The number of imide groups is 1. The smallest absolute Gasteiger partial charge is 0.417 e. The number of hydrogen-bond acceptors (Lipinski definition) is 10. The Kier molecular flexibility index (Phi) is 6.31. The highest BCUT2D eigenvalue weighted by atomic mass is 35.5. The van der Waals surface area contributed by atoms with Gasteiger partial charge >= 0.3 is 18.1 Å². The van der Waals surface area contributed by atoms with E-state index < -0.39 is 53.1 Å². The fraction of sp³-hybridized carbons (Fsp3) is 0.471. The third kappa shape index (κ3) is 3.73. The van der Waals surface area contributed by atoms with Crippen molar-refractivity contribution in [1.82, 2.24) is 15.4 Å². The van der Waals surface area contributed by atoms with Gasteiger partial charge in [-0.3, -0.25) is 19.3 Å². The number of pyridine rings is 1. The highest BCUT2D eigenvalue weighted by Crippen LogP contribution is 2.39. The van der Waals surface area contributed by atoms with Crippen LogP contribution in [0.5, 0.6) is 0 Å². The molecule has 0 radical (unpaired) electrons. The molecule has 174 valence electrons. The fourth-order valence-electron chi connectivity index (χ4n) is 3.42. The molecule has 2 saturated heterocycles. The van der Waals surface area contributed by atoms with E-state index in [0.29, 0.717) is 12.3 Å². The van der Waals surface area contributed by atoms with Gasteiger partial charge in [0.25, 0.3) is 11.4 Å². The highest BCUT2D eigenvalue weighted by molar-refractivity contribution is 6.33. The van der Waals surface area contributed by atoms with Crippen LogP contribution in [0.4, 0.5) is 19.0 Å². The standard InChI is InChI=1S/C17H16ClF3N4O7/c1-30-14(28)16(15(29)31-2)9-10(32-24-16)13(27)25(12(9)26)4-3-22-11-8(18)5-7(6-23-11)17(19,20)21/h5-6,9-10,24H,3-4H2,1-2H3,(H,22,23)/t9-,10+/m0/s1. The lowest BCUT2D eigenvalue weighted by molar-refractivity contribution is -0.171. The number of amides is 2. The van der Waals surface area contributed by atoms with Gasteiger partial charge in [0.1, 0.15) is 11.7 Å². The molecule has 0 saturated carbocycles. The predicted molar refractivity (Wildman–Crippen MR) is 97.7 cm³/mol. The van der Waals surface area contributed by atoms with Gasteiger partial charge in [-0.1, -0.05) is 11.6 Å². The number of esters is 2. The minimum absolute atomic E-state index is 0.102. The molecule has 1 aromatic rings. The summed E-state index contributed by atoms with van der Waals surface area (Å²) in [6, 6.07) is 0.675. The van der Waals surface area contributed by atoms with Gasteiger partial charge < -0.3 is 14.8 Å². The average Bonchev–Trinajstić information content (AvgIpc) is 3.26. The van der Waals surface area contributed by atoms with Crippen LogP contribution in [0.3, 0.4) is 0 Å². The lowest BCUT2D eigenvalue weighted by Crippen LogP contribution is -2.61. The molecular weight excluding hydrogens is 465 g/mol. The first-order chi connectivity index (χ1) is 15.0. The average molecular weight is 481 g/mol. The predicted octanol–water partition coefficient (Wildman–Crippen LogP) is 0.139. The zero-order valence-electron chi connectivity index (χ0n) is 16.5. The molecule has 1 aromatic heterocycles. The molecule has 3 heterocycles. The van der Waals surface area contributed by atoms with Crippen molar-refractivity contribution in [3.05, 3.63) is 22.8 Å². The van der Waals surface area contributed by atoms with E-state index in [2.05, 4.69) is 25.3 Å². The number of carbonyl (C=O) groups is 4. The van der Waals surface area contributed by atoms with Crippen molar-refractivity contribution in [2.75, 3.05) is 32.6 Å². The largest absolute Gasteiger partial charge is 0.467 e. The second-order valence-electron chi connectivity index (χ2n) is 6.72. The maximum atomic E-state index is 12.9. The summed E-state index contributed by atoms with van der Waals surface area (Å²) in [5.74, 6) is -5.79. The Balaban J connectivity index is 1.74. The van der Waals surface area contributed by atoms with Crippen LogP contribution in [0, 0.1) is 5.92 Å². The second kappa shape index (κ2) is 8.52. The monoisotopic (exact) mass is 480 g/mol. The molecule has 0 aliphatic carbocycles. The summed E-state index contributed by atoms with van der Waals surface area (Å²) in [7, 11) is 1.96. The Hall–Kier alpha value is -2.97. The van der Waals surface area contributed by atoms with Gasteiger partial charge in [-0.25, -0.2) is 14.6 Å². The number of aromatic nitrogens is 1. The molecule has 0 aromatic carbocycles. The number of ether oxygens (including phenoxy) is 2. The summed E-state index contributed by atoms with van der Waals surface area (Å²) in [5.41, 5.74) is -1.31. The third-order valence-corrected chi connectivity index (χ3v) is 5.26. The quantitative estimate of drug-likeness (QED) is 0.328. The van der Waals surface area contributed by atoms with Crippen LogP contribution in [0.25, 0.3) is 0 Å². The van der Waals surface area contributed by atoms with Crippen LogP contribution in [-0.2, 0) is 39.7 Å². The van der Waals surface area contributed by atoms with Crippen LogP contribution in [0.2, 0.25) is 5.02 Å². The topological polar surface area (TPSA) is 136 Å². The normalized spacial score (nSPS) is 22.0. The molecule has 0 spiro atoms. The van der Waals surface area contributed by atoms with Crippen molar-refractivity contribution in [1.29, 1.82) is 0 Å². The van der Waals surface area contributed by atoms with Crippen molar-refractivity contribution in [2.24, 2.45) is 5.92 Å². The molecule has 2 atom stereocenters. The fourth-order valence-corrected chi connectivity index (χ4v) is 3.66. The van der Waals surface area contributed by atoms with Crippen LogP contribution in [0.1, 0.15) is 5.56 Å². The van der Waals surface area contributed by atoms with Gasteiger partial charge in [0.2, 0.25) is 5.91 Å². The van der Waals surface area contributed by atoms with E-state index in [9.17, 15) is 32.3 Å². The van der Waals surface area contributed by atoms with Crippen LogP contribution >= 0.6 is 11.6 Å². The van der Waals surface area contributed by atoms with E-state index in [1.165, 1.54) is 0 Å². The van der Waals surface area contributed by atoms with E-state index >= 15 is 0 Å². The number of anilines is 1. The van der Waals surface area contributed by atoms with Gasteiger partial charge in [-0.15, -0.1) is 0 Å². The summed E-state index contributed by atoms with van der Waals surface area (Å²) in [6.45, 7) is -0.433. The Morgan fingerprint density at radius 3 is 2.44 bits per heavy atom. The van der Waals surface area contributed by atoms with E-state index in [1.807, 2.05) is 0 Å². The number of fused-ring (bicyclic) bond motifs is 1. The Bertz CT molecular complexity index is 958. The van der Waals surface area contributed by atoms with Crippen molar-refractivity contribution >= 4 is 41.2 Å². The van der Waals surface area contributed by atoms with Crippen molar-refractivity contribution in [3.8, 4) is 0 Å². The molecular formula is C17H16ClF3N4O7. The molecule has 32 heavy (non-hydrogen) atoms. The molecule has 3 rings (SSSR count). The SMILES string of the molecule is COC(=O)C1(C(=O)OC)NO[C@H]2C(=O)N(CCNc3ncc(C(F)(F)F)cc3Cl)C(=O)[C@H]21.